The fraction of sp³-hybridized carbons (Fsp3) is 0.500. The first-order valence-electron chi connectivity index (χ1n) is 12.9. The summed E-state index contributed by atoms with van der Waals surface area (Å²) in [4.78, 5) is 61.6. The van der Waals surface area contributed by atoms with Crippen LogP contribution in [-0.4, -0.2) is 45.3 Å². The number of carbonyl (C=O) groups is 2. The highest BCUT2D eigenvalue weighted by molar-refractivity contribution is 6.30. The highest BCUT2D eigenvalue weighted by atomic mass is 35.5. The molecule has 41 heavy (non-hydrogen) atoms. The Labute approximate surface area is 239 Å². The molecule has 1 aromatic carbocycles. The zero-order valence-corrected chi connectivity index (χ0v) is 23.2. The number of fused-ring (bicyclic) bond motifs is 1. The average Bonchev–Trinajstić information content (AvgIpc) is 3.49. The quantitative estimate of drug-likeness (QED) is 0.228. The molecule has 2 unspecified atom stereocenters. The number of aromatic nitrogens is 1. The Balaban J connectivity index is 1.50. The third kappa shape index (κ3) is 7.19. The molecule has 1 fully saturated rings. The van der Waals surface area contributed by atoms with E-state index < -0.39 is 52.3 Å². The molecular weight excluding hydrogens is 564 g/mol. The van der Waals surface area contributed by atoms with Crippen molar-refractivity contribution in [3.8, 4) is 5.75 Å². The largest absolute Gasteiger partial charge is 0.423 e. The zero-order valence-electron chi connectivity index (χ0n) is 22.5. The van der Waals surface area contributed by atoms with Crippen molar-refractivity contribution in [2.75, 3.05) is 0 Å². The Morgan fingerprint density at radius 3 is 2.29 bits per heavy atom. The summed E-state index contributed by atoms with van der Waals surface area (Å²) in [6, 6.07) is 6.11. The second-order valence-electron chi connectivity index (χ2n) is 10.4. The van der Waals surface area contributed by atoms with Gasteiger partial charge >= 0.3 is 5.97 Å². The lowest BCUT2D eigenvalue weighted by molar-refractivity contribution is -0.797. The van der Waals surface area contributed by atoms with Gasteiger partial charge in [-0.1, -0.05) is 37.6 Å². The fourth-order valence-corrected chi connectivity index (χ4v) is 5.22. The molecule has 0 saturated heterocycles. The zero-order chi connectivity index (χ0) is 29.8. The Kier molecular flexibility index (Phi) is 9.23. The maximum atomic E-state index is 13.4. The number of pyridine rings is 1. The van der Waals surface area contributed by atoms with E-state index in [-0.39, 0.29) is 37.5 Å². The number of aryl methyl sites for hydroxylation is 1. The van der Waals surface area contributed by atoms with E-state index >= 15 is 0 Å². The molecule has 2 heterocycles. The van der Waals surface area contributed by atoms with Gasteiger partial charge in [-0.2, -0.15) is 0 Å². The number of nitrogens with one attached hydrogen (secondary N) is 1. The smallest absolute Gasteiger partial charge is 0.334 e. The molecule has 1 saturated carbocycles. The van der Waals surface area contributed by atoms with Crippen LogP contribution in [0.3, 0.4) is 0 Å². The summed E-state index contributed by atoms with van der Waals surface area (Å²) in [5.41, 5.74) is 2.72. The molecule has 1 aliphatic heterocycles. The van der Waals surface area contributed by atoms with Gasteiger partial charge in [0.15, 0.2) is 5.75 Å². The SMILES string of the molecule is Cc1ncc2c(c1OC(=O)[C@@H](CC(C)C)NC(=O)C1C[C@H](O[N+](=O)[O-])[C@H](O[N+](=O)[O-])C1)COC2c1ccc(Cl)cc1. The Morgan fingerprint density at radius 1 is 1.12 bits per heavy atom. The van der Waals surface area contributed by atoms with Crippen molar-refractivity contribution in [1.82, 2.24) is 10.3 Å². The lowest BCUT2D eigenvalue weighted by Gasteiger charge is -2.22. The lowest BCUT2D eigenvalue weighted by atomic mass is 10.00. The molecule has 4 rings (SSSR count). The Hall–Kier alpha value is -4.04. The Morgan fingerprint density at radius 2 is 1.73 bits per heavy atom. The minimum Gasteiger partial charge on any atom is -0.423 e. The summed E-state index contributed by atoms with van der Waals surface area (Å²) in [6.07, 6.45) is -1.54. The first-order valence-corrected chi connectivity index (χ1v) is 13.3. The predicted molar refractivity (Wildman–Crippen MR) is 141 cm³/mol. The summed E-state index contributed by atoms with van der Waals surface area (Å²) in [5, 5.41) is 22.7. The number of amides is 1. The van der Waals surface area contributed by atoms with Crippen molar-refractivity contribution in [1.29, 1.82) is 0 Å². The van der Waals surface area contributed by atoms with Gasteiger partial charge in [-0.3, -0.25) is 9.78 Å². The van der Waals surface area contributed by atoms with E-state index in [2.05, 4.69) is 20.0 Å². The first-order chi connectivity index (χ1) is 19.4. The van der Waals surface area contributed by atoms with Crippen LogP contribution in [0.1, 0.15) is 61.6 Å². The number of hydrogen-bond acceptors (Lipinski definition) is 11. The molecule has 5 atom stereocenters. The van der Waals surface area contributed by atoms with Gasteiger partial charge in [-0.05, 0) is 49.8 Å². The molecule has 0 radical (unpaired) electrons. The van der Waals surface area contributed by atoms with E-state index in [4.69, 9.17) is 21.1 Å². The molecule has 0 spiro atoms. The van der Waals surface area contributed by atoms with Crippen LogP contribution >= 0.6 is 11.6 Å². The fourth-order valence-electron chi connectivity index (χ4n) is 5.10. The maximum absolute atomic E-state index is 13.4. The molecule has 15 heteroatoms. The molecule has 1 aliphatic carbocycles. The third-order valence-electron chi connectivity index (χ3n) is 6.97. The molecule has 1 N–H and O–H groups in total. The number of carbonyl (C=O) groups excluding carboxylic acids is 2. The third-order valence-corrected chi connectivity index (χ3v) is 7.22. The van der Waals surface area contributed by atoms with Gasteiger partial charge < -0.3 is 24.5 Å². The van der Waals surface area contributed by atoms with E-state index in [1.165, 1.54) is 0 Å². The van der Waals surface area contributed by atoms with Crippen LogP contribution in [0.4, 0.5) is 0 Å². The molecule has 14 nitrogen and oxygen atoms in total. The molecule has 0 bridgehead atoms. The van der Waals surface area contributed by atoms with Crippen molar-refractivity contribution in [2.45, 2.75) is 71.0 Å². The van der Waals surface area contributed by atoms with Crippen molar-refractivity contribution >= 4 is 23.5 Å². The standard InChI is InChI=1S/C26H29ClN4O10/c1-13(2)8-20(29-25(32)16-9-21(40-30(34)35)22(10-16)41-31(36)37)26(33)39-23-14(3)28-11-18-19(23)12-38-24(18)15-4-6-17(27)7-5-15/h4-7,11,13,16,20-22,24H,8-10,12H2,1-3H3,(H,29,32)/t16?,20-,21-,22+,24?/m1/s1. The first kappa shape index (κ1) is 29.9. The van der Waals surface area contributed by atoms with Crippen molar-refractivity contribution in [3.63, 3.8) is 0 Å². The van der Waals surface area contributed by atoms with Gasteiger partial charge in [0.1, 0.15) is 24.4 Å². The number of halogens is 1. The monoisotopic (exact) mass is 592 g/mol. The van der Waals surface area contributed by atoms with Crippen LogP contribution in [0.2, 0.25) is 5.02 Å². The van der Waals surface area contributed by atoms with Crippen molar-refractivity contribution in [2.24, 2.45) is 11.8 Å². The summed E-state index contributed by atoms with van der Waals surface area (Å²) >= 11 is 6.01. The topological polar surface area (TPSA) is 182 Å². The normalized spacial score (nSPS) is 22.1. The highest BCUT2D eigenvalue weighted by Gasteiger charge is 2.43. The summed E-state index contributed by atoms with van der Waals surface area (Å²) in [7, 11) is 0. The lowest BCUT2D eigenvalue weighted by Crippen LogP contribution is -2.46. The number of benzene rings is 1. The molecular formula is C26H29ClN4O10. The second-order valence-corrected chi connectivity index (χ2v) is 10.8. The molecule has 2 aliphatic rings. The van der Waals surface area contributed by atoms with Crippen LogP contribution < -0.4 is 10.1 Å². The van der Waals surface area contributed by atoms with E-state index in [9.17, 15) is 29.8 Å². The van der Waals surface area contributed by atoms with Gasteiger partial charge in [0.05, 0.1) is 12.3 Å². The van der Waals surface area contributed by atoms with Gasteiger partial charge in [0.25, 0.3) is 10.2 Å². The van der Waals surface area contributed by atoms with Crippen LogP contribution in [0.15, 0.2) is 30.5 Å². The highest BCUT2D eigenvalue weighted by Crippen LogP contribution is 2.41. The minimum atomic E-state index is -1.31. The number of hydrogen-bond donors (Lipinski definition) is 1. The van der Waals surface area contributed by atoms with Crippen molar-refractivity contribution < 1.29 is 38.9 Å². The van der Waals surface area contributed by atoms with E-state index in [0.717, 1.165) is 11.1 Å². The minimum absolute atomic E-state index is 0.0223. The second kappa shape index (κ2) is 12.6. The number of nitrogens with zero attached hydrogens (tertiary/aromatic N) is 3. The molecule has 220 valence electrons. The van der Waals surface area contributed by atoms with Crippen LogP contribution in [0, 0.1) is 39.0 Å². The number of ether oxygens (including phenoxy) is 2. The summed E-state index contributed by atoms with van der Waals surface area (Å²) < 4.78 is 11.8. The number of esters is 1. The van der Waals surface area contributed by atoms with Gasteiger partial charge in [-0.25, -0.2) is 4.79 Å². The van der Waals surface area contributed by atoms with Crippen molar-refractivity contribution in [3.05, 3.63) is 78.1 Å². The van der Waals surface area contributed by atoms with Crippen LogP contribution in [0.25, 0.3) is 0 Å². The van der Waals surface area contributed by atoms with Gasteiger partial charge in [0, 0.05) is 28.3 Å². The summed E-state index contributed by atoms with van der Waals surface area (Å²) in [5.74, 6) is -2.06. The predicted octanol–water partition coefficient (Wildman–Crippen LogP) is 3.66. The maximum Gasteiger partial charge on any atom is 0.334 e. The summed E-state index contributed by atoms with van der Waals surface area (Å²) in [6.45, 7) is 5.59. The molecule has 2 aromatic rings. The van der Waals surface area contributed by atoms with Gasteiger partial charge in [-0.15, -0.1) is 20.2 Å². The van der Waals surface area contributed by atoms with Crippen LogP contribution in [-0.2, 0) is 30.6 Å². The van der Waals surface area contributed by atoms with E-state index in [1.807, 2.05) is 26.0 Å². The average molecular weight is 593 g/mol. The van der Waals surface area contributed by atoms with E-state index in [0.29, 0.717) is 16.3 Å². The van der Waals surface area contributed by atoms with Gasteiger partial charge in [0.2, 0.25) is 5.91 Å². The van der Waals surface area contributed by atoms with Crippen LogP contribution in [0.5, 0.6) is 5.75 Å². The molecule has 1 amide bonds. The van der Waals surface area contributed by atoms with E-state index in [1.54, 1.807) is 25.3 Å². The molecule has 1 aromatic heterocycles. The Bertz CT molecular complexity index is 1300. The number of rotatable bonds is 11.